The van der Waals surface area contributed by atoms with Crippen molar-refractivity contribution in [2.24, 2.45) is 4.99 Å². The maximum absolute atomic E-state index is 14.3. The molecule has 0 spiro atoms. The molecule has 0 aromatic heterocycles. The van der Waals surface area contributed by atoms with E-state index in [1.807, 2.05) is 11.9 Å². The number of hydrogen-bond donors (Lipinski definition) is 1. The molecule has 2 aromatic carbocycles. The number of piperazine rings is 1. The first-order valence-corrected chi connectivity index (χ1v) is 12.3. The number of methoxy groups -OCH3 is 1. The van der Waals surface area contributed by atoms with Crippen molar-refractivity contribution in [3.63, 3.8) is 0 Å². The highest BCUT2D eigenvalue weighted by atomic mass is 19.4. The number of alkyl halides is 3. The molecule has 4 rings (SSSR count). The lowest BCUT2D eigenvalue weighted by atomic mass is 9.85. The second-order valence-corrected chi connectivity index (χ2v) is 9.60. The lowest BCUT2D eigenvalue weighted by molar-refractivity contribution is -0.317. The topological polar surface area (TPSA) is 120 Å². The Hall–Kier alpha value is -3.78. The predicted molar refractivity (Wildman–Crippen MR) is 129 cm³/mol. The van der Waals surface area contributed by atoms with Crippen molar-refractivity contribution in [1.82, 2.24) is 9.80 Å². The van der Waals surface area contributed by atoms with Gasteiger partial charge in [0.2, 0.25) is 0 Å². The molecule has 0 amide bonds. The van der Waals surface area contributed by atoms with E-state index in [0.29, 0.717) is 25.6 Å². The van der Waals surface area contributed by atoms with Gasteiger partial charge < -0.3 is 34.8 Å². The summed E-state index contributed by atoms with van der Waals surface area (Å²) in [6, 6.07) is 3.00. The number of likely N-dealkylation sites (N-methyl/N-ethyl adjacent to an activating group) is 1. The number of ether oxygens (including phenoxy) is 1. The number of aliphatic carboxylic acids is 2. The van der Waals surface area contributed by atoms with Gasteiger partial charge in [0.1, 0.15) is 5.84 Å². The number of carboxylic acids is 2. The zero-order valence-corrected chi connectivity index (χ0v) is 21.5. The molecule has 0 radical (unpaired) electrons. The second-order valence-electron chi connectivity index (χ2n) is 9.60. The average molecular weight is 568 g/mol. The Bertz CT molecular complexity index is 1350. The molecule has 2 aliphatic heterocycles. The summed E-state index contributed by atoms with van der Waals surface area (Å²) in [4.78, 5) is 31.7. The van der Waals surface area contributed by atoms with E-state index >= 15 is 0 Å². The van der Waals surface area contributed by atoms with E-state index in [4.69, 9.17) is 4.74 Å². The van der Waals surface area contributed by atoms with Gasteiger partial charge >= 0.3 is 6.18 Å². The second kappa shape index (κ2) is 11.4. The zero-order valence-electron chi connectivity index (χ0n) is 21.5. The van der Waals surface area contributed by atoms with Crippen molar-refractivity contribution in [2.45, 2.75) is 31.0 Å². The summed E-state index contributed by atoms with van der Waals surface area (Å²) in [6.07, 6.45) is -5.87. The standard InChI is InChI=1S/C26H27F5N4O5/c1-34-6-7-35(12-13(34)5-8-40-2)24-23-18(32-19-10-16(27)17(28)11-20(19)33-24)4-3-15(26(29,30)31)22(23)14(25(38)39)9-21(36)37/h3-4,10-11,13-14,32H,5-9,12H2,1-2H3,(H,36,37)(H,38,39)/p-2/t13?,14-/m0/s1. The number of anilines is 2. The Kier molecular flexibility index (Phi) is 8.30. The van der Waals surface area contributed by atoms with Gasteiger partial charge in [-0.3, -0.25) is 4.90 Å². The van der Waals surface area contributed by atoms with Crippen LogP contribution in [0, 0.1) is 11.6 Å². The molecule has 1 unspecified atom stereocenters. The number of nitrogens with zero attached hydrogens (tertiary/aromatic N) is 3. The number of nitrogens with one attached hydrogen (secondary N) is 1. The Morgan fingerprint density at radius 3 is 2.48 bits per heavy atom. The molecule has 0 saturated carbocycles. The summed E-state index contributed by atoms with van der Waals surface area (Å²) in [7, 11) is 3.37. The molecule has 2 atom stereocenters. The summed E-state index contributed by atoms with van der Waals surface area (Å²) >= 11 is 0. The lowest BCUT2D eigenvalue weighted by Crippen LogP contribution is -2.54. The number of rotatable bonds is 7. The van der Waals surface area contributed by atoms with E-state index in [2.05, 4.69) is 10.3 Å². The van der Waals surface area contributed by atoms with Crippen LogP contribution in [0.4, 0.5) is 39.0 Å². The van der Waals surface area contributed by atoms with Gasteiger partial charge in [-0.15, -0.1) is 0 Å². The molecule has 9 nitrogen and oxygen atoms in total. The molecule has 2 aliphatic rings. The molecule has 0 bridgehead atoms. The van der Waals surface area contributed by atoms with Crippen molar-refractivity contribution in [1.29, 1.82) is 0 Å². The first kappa shape index (κ1) is 29.2. The van der Waals surface area contributed by atoms with E-state index in [1.54, 1.807) is 4.90 Å². The molecule has 1 saturated heterocycles. The summed E-state index contributed by atoms with van der Waals surface area (Å²) < 4.78 is 76.5. The van der Waals surface area contributed by atoms with Crippen molar-refractivity contribution in [3.8, 4) is 0 Å². The van der Waals surface area contributed by atoms with Gasteiger partial charge in [0.05, 0.1) is 16.9 Å². The van der Waals surface area contributed by atoms with E-state index in [9.17, 15) is 41.8 Å². The SMILES string of the molecule is COCCC1CN(C2=Nc3cc(F)c(F)cc3Nc3ccc(C(F)(F)F)c([C@H](CC(=O)[O-])C(=O)[O-])c32)CCN1C. The average Bonchev–Trinajstić information content (AvgIpc) is 3.02. The van der Waals surface area contributed by atoms with Crippen LogP contribution in [-0.2, 0) is 20.5 Å². The van der Waals surface area contributed by atoms with Crippen LogP contribution < -0.4 is 15.5 Å². The molecule has 40 heavy (non-hydrogen) atoms. The van der Waals surface area contributed by atoms with Crippen LogP contribution in [0.15, 0.2) is 29.3 Å². The Labute approximate surface area is 225 Å². The van der Waals surface area contributed by atoms with Crippen LogP contribution >= 0.6 is 0 Å². The maximum Gasteiger partial charge on any atom is 0.416 e. The summed E-state index contributed by atoms with van der Waals surface area (Å²) in [6.45, 7) is 1.24. The highest BCUT2D eigenvalue weighted by molar-refractivity contribution is 6.10. The normalized spacial score (nSPS) is 18.2. The Morgan fingerprint density at radius 2 is 1.85 bits per heavy atom. The molecular weight excluding hydrogens is 543 g/mol. The first-order valence-electron chi connectivity index (χ1n) is 12.3. The maximum atomic E-state index is 14.3. The van der Waals surface area contributed by atoms with Crippen LogP contribution in [0.3, 0.4) is 0 Å². The molecular formula is C26H25F5N4O5-2. The Balaban J connectivity index is 2.02. The van der Waals surface area contributed by atoms with E-state index in [1.165, 1.54) is 7.11 Å². The van der Waals surface area contributed by atoms with Gasteiger partial charge in [-0.1, -0.05) is 0 Å². The lowest BCUT2D eigenvalue weighted by Gasteiger charge is -2.41. The minimum absolute atomic E-state index is 0.0872. The number of hydrogen-bond acceptors (Lipinski definition) is 9. The minimum atomic E-state index is -5.10. The number of fused-ring (bicyclic) bond motifs is 2. The molecule has 216 valence electrons. The fraction of sp³-hybridized carbons (Fsp3) is 0.423. The number of carbonyl (C=O) groups excluding carboxylic acids is 2. The molecule has 1 N–H and O–H groups in total. The van der Waals surface area contributed by atoms with Crippen molar-refractivity contribution < 1.29 is 46.5 Å². The number of carbonyl (C=O) groups is 2. The van der Waals surface area contributed by atoms with E-state index in [0.717, 1.165) is 18.2 Å². The van der Waals surface area contributed by atoms with Crippen LogP contribution in [0.25, 0.3) is 0 Å². The summed E-state index contributed by atoms with van der Waals surface area (Å²) in [5.41, 5.74) is -3.02. The zero-order chi connectivity index (χ0) is 29.4. The van der Waals surface area contributed by atoms with E-state index in [-0.39, 0.29) is 47.6 Å². The monoisotopic (exact) mass is 568 g/mol. The number of halogens is 5. The van der Waals surface area contributed by atoms with Crippen LogP contribution in [0.5, 0.6) is 0 Å². The Morgan fingerprint density at radius 1 is 1.15 bits per heavy atom. The van der Waals surface area contributed by atoms with Crippen molar-refractivity contribution in [2.75, 3.05) is 45.7 Å². The molecule has 1 fully saturated rings. The third kappa shape index (κ3) is 5.87. The highest BCUT2D eigenvalue weighted by Gasteiger charge is 2.40. The third-order valence-electron chi connectivity index (χ3n) is 7.04. The number of benzene rings is 2. The van der Waals surface area contributed by atoms with Gasteiger partial charge in [-0.25, -0.2) is 13.8 Å². The van der Waals surface area contributed by atoms with Gasteiger partial charge in [0.15, 0.2) is 11.6 Å². The van der Waals surface area contributed by atoms with E-state index < -0.39 is 53.2 Å². The van der Waals surface area contributed by atoms with Crippen molar-refractivity contribution >= 4 is 34.8 Å². The van der Waals surface area contributed by atoms with Gasteiger partial charge in [-0.2, -0.15) is 13.2 Å². The van der Waals surface area contributed by atoms with Gasteiger partial charge in [0.25, 0.3) is 0 Å². The quantitative estimate of drug-likeness (QED) is 0.502. The molecule has 2 aromatic rings. The van der Waals surface area contributed by atoms with Crippen LogP contribution in [0.2, 0.25) is 0 Å². The number of aliphatic imine (C=N–C) groups is 1. The predicted octanol–water partition coefficient (Wildman–Crippen LogP) is 1.74. The fourth-order valence-corrected chi connectivity index (χ4v) is 5.02. The number of carboxylic acid groups (broad SMARTS) is 2. The van der Waals surface area contributed by atoms with Crippen molar-refractivity contribution in [3.05, 3.63) is 52.6 Å². The van der Waals surface area contributed by atoms with Gasteiger partial charge in [0, 0.05) is 80.6 Å². The minimum Gasteiger partial charge on any atom is -0.550 e. The summed E-state index contributed by atoms with van der Waals surface area (Å²) in [5.74, 6) is -8.93. The molecule has 14 heteroatoms. The largest absolute Gasteiger partial charge is 0.550 e. The van der Waals surface area contributed by atoms with Gasteiger partial charge in [-0.05, 0) is 37.6 Å². The molecule has 2 heterocycles. The first-order chi connectivity index (χ1) is 18.8. The fourth-order valence-electron chi connectivity index (χ4n) is 5.02. The third-order valence-corrected chi connectivity index (χ3v) is 7.04. The highest BCUT2D eigenvalue weighted by Crippen LogP contribution is 2.45. The smallest absolute Gasteiger partial charge is 0.416 e. The number of amidine groups is 1. The van der Waals surface area contributed by atoms with Crippen LogP contribution in [-0.4, -0.2) is 74.0 Å². The summed E-state index contributed by atoms with van der Waals surface area (Å²) in [5, 5.41) is 26.3. The molecule has 0 aliphatic carbocycles. The van der Waals surface area contributed by atoms with Crippen LogP contribution in [0.1, 0.15) is 35.4 Å².